The Labute approximate surface area is 179 Å². The Bertz CT molecular complexity index is 1060. The number of alkyl halides is 2. The molecule has 1 fully saturated rings. The molecule has 31 heavy (non-hydrogen) atoms. The third-order valence-electron chi connectivity index (χ3n) is 5.88. The highest BCUT2D eigenvalue weighted by Gasteiger charge is 2.26. The number of fused-ring (bicyclic) bond motifs is 1. The van der Waals surface area contributed by atoms with Crippen LogP contribution < -0.4 is 0 Å². The molecule has 3 heterocycles. The third-order valence-corrected chi connectivity index (χ3v) is 5.88. The van der Waals surface area contributed by atoms with E-state index in [9.17, 15) is 13.6 Å². The number of carbonyl (C=O) groups excluding carboxylic acids is 1. The van der Waals surface area contributed by atoms with Gasteiger partial charge in [0.1, 0.15) is 0 Å². The van der Waals surface area contributed by atoms with Crippen LogP contribution in [0.5, 0.6) is 0 Å². The summed E-state index contributed by atoms with van der Waals surface area (Å²) in [6.07, 6.45) is 2.78. The fraction of sp³-hybridized carbons (Fsp3) is 0.435. The van der Waals surface area contributed by atoms with E-state index in [-0.39, 0.29) is 24.9 Å². The summed E-state index contributed by atoms with van der Waals surface area (Å²) in [6.45, 7) is 2.74. The van der Waals surface area contributed by atoms with Gasteiger partial charge in [-0.05, 0) is 37.4 Å². The Hall–Kier alpha value is -2.87. The monoisotopic (exact) mass is 428 g/mol. The molecule has 0 saturated carbocycles. The largest absolute Gasteiger partial charge is 0.441 e. The van der Waals surface area contributed by atoms with Crippen molar-refractivity contribution in [3.8, 4) is 11.3 Å². The van der Waals surface area contributed by atoms with Gasteiger partial charge < -0.3 is 9.32 Å². The van der Waals surface area contributed by atoms with Crippen LogP contribution in [-0.4, -0.2) is 64.8 Å². The number of carbonyl (C=O) groups is 1. The Kier molecular flexibility index (Phi) is 6.27. The lowest BCUT2D eigenvalue weighted by Gasteiger charge is -2.36. The van der Waals surface area contributed by atoms with Crippen molar-refractivity contribution in [3.63, 3.8) is 0 Å². The molecule has 0 radical (unpaired) electrons. The third kappa shape index (κ3) is 5.07. The summed E-state index contributed by atoms with van der Waals surface area (Å²) in [5.74, 6) is 1.33. The number of hydrogen-bond acceptors (Lipinski definition) is 5. The maximum Gasteiger partial charge on any atom is 0.251 e. The highest BCUT2D eigenvalue weighted by Crippen LogP contribution is 2.25. The minimum atomic E-state index is -2.34. The SMILES string of the molecule is Cc1ncc(-c2ccc3cnc(CC(=O)N4CCC(N(C)CC(F)F)CC4)cc3c2)o1. The number of amides is 1. The Morgan fingerprint density at radius 1 is 1.19 bits per heavy atom. The topological polar surface area (TPSA) is 62.5 Å². The predicted octanol–water partition coefficient (Wildman–Crippen LogP) is 3.93. The van der Waals surface area contributed by atoms with E-state index in [0.29, 0.717) is 43.3 Å². The zero-order valence-corrected chi connectivity index (χ0v) is 17.7. The highest BCUT2D eigenvalue weighted by molar-refractivity contribution is 5.87. The zero-order valence-electron chi connectivity index (χ0n) is 17.7. The molecule has 1 aliphatic rings. The lowest BCUT2D eigenvalue weighted by molar-refractivity contribution is -0.132. The number of benzene rings is 1. The molecule has 1 aliphatic heterocycles. The van der Waals surface area contributed by atoms with E-state index in [2.05, 4.69) is 9.97 Å². The van der Waals surface area contributed by atoms with Crippen LogP contribution in [0.4, 0.5) is 8.78 Å². The Balaban J connectivity index is 1.41. The molecule has 0 atom stereocenters. The van der Waals surface area contributed by atoms with Gasteiger partial charge in [-0.3, -0.25) is 14.7 Å². The molecule has 2 aromatic heterocycles. The average molecular weight is 428 g/mol. The minimum Gasteiger partial charge on any atom is -0.441 e. The summed E-state index contributed by atoms with van der Waals surface area (Å²) in [7, 11) is 1.72. The molecule has 1 amide bonds. The highest BCUT2D eigenvalue weighted by atomic mass is 19.3. The van der Waals surface area contributed by atoms with Crippen molar-refractivity contribution < 1.29 is 18.0 Å². The van der Waals surface area contributed by atoms with Crippen molar-refractivity contribution in [2.24, 2.45) is 0 Å². The van der Waals surface area contributed by atoms with Gasteiger partial charge in [-0.1, -0.05) is 12.1 Å². The molecule has 0 N–H and O–H groups in total. The number of aromatic nitrogens is 2. The van der Waals surface area contributed by atoms with Crippen molar-refractivity contribution in [2.75, 3.05) is 26.7 Å². The Morgan fingerprint density at radius 2 is 1.97 bits per heavy atom. The summed E-state index contributed by atoms with van der Waals surface area (Å²) < 4.78 is 30.8. The summed E-state index contributed by atoms with van der Waals surface area (Å²) in [5.41, 5.74) is 1.63. The smallest absolute Gasteiger partial charge is 0.251 e. The van der Waals surface area contributed by atoms with Crippen LogP contribution in [0.25, 0.3) is 22.1 Å². The summed E-state index contributed by atoms with van der Waals surface area (Å²) in [4.78, 5) is 24.9. The quantitative estimate of drug-likeness (QED) is 0.595. The van der Waals surface area contributed by atoms with Crippen LogP contribution in [-0.2, 0) is 11.2 Å². The average Bonchev–Trinajstić information content (AvgIpc) is 3.19. The van der Waals surface area contributed by atoms with Gasteiger partial charge >= 0.3 is 0 Å². The van der Waals surface area contributed by atoms with Gasteiger partial charge in [0, 0.05) is 43.2 Å². The van der Waals surface area contributed by atoms with E-state index < -0.39 is 6.43 Å². The number of nitrogens with zero attached hydrogens (tertiary/aromatic N) is 4. The molecule has 6 nitrogen and oxygen atoms in total. The lowest BCUT2D eigenvalue weighted by atomic mass is 10.0. The fourth-order valence-corrected chi connectivity index (χ4v) is 4.12. The van der Waals surface area contributed by atoms with Crippen LogP contribution in [0.3, 0.4) is 0 Å². The summed E-state index contributed by atoms with van der Waals surface area (Å²) in [5, 5.41) is 1.97. The molecule has 1 aromatic carbocycles. The maximum absolute atomic E-state index is 12.8. The van der Waals surface area contributed by atoms with Crippen LogP contribution in [0.2, 0.25) is 0 Å². The van der Waals surface area contributed by atoms with E-state index in [4.69, 9.17) is 4.42 Å². The number of pyridine rings is 1. The van der Waals surface area contributed by atoms with Crippen molar-refractivity contribution in [3.05, 3.63) is 48.2 Å². The van der Waals surface area contributed by atoms with Crippen LogP contribution in [0, 0.1) is 6.92 Å². The molecule has 0 unspecified atom stereocenters. The molecule has 1 saturated heterocycles. The van der Waals surface area contributed by atoms with Gasteiger partial charge in [0.05, 0.1) is 24.9 Å². The number of oxazole rings is 1. The predicted molar refractivity (Wildman–Crippen MR) is 114 cm³/mol. The molecular formula is C23H26F2N4O2. The normalized spacial score (nSPS) is 15.4. The number of piperidine rings is 1. The first-order chi connectivity index (χ1) is 14.9. The molecule has 8 heteroatoms. The summed E-state index contributed by atoms with van der Waals surface area (Å²) >= 11 is 0. The van der Waals surface area contributed by atoms with E-state index in [1.54, 1.807) is 31.3 Å². The molecule has 164 valence electrons. The van der Waals surface area contributed by atoms with Crippen LogP contribution in [0.15, 0.2) is 41.1 Å². The number of aryl methyl sites for hydroxylation is 1. The first kappa shape index (κ1) is 21.4. The van der Waals surface area contributed by atoms with Crippen molar-refractivity contribution in [1.82, 2.24) is 19.8 Å². The number of likely N-dealkylation sites (tertiary alicyclic amines) is 1. The van der Waals surface area contributed by atoms with Crippen molar-refractivity contribution in [1.29, 1.82) is 0 Å². The van der Waals surface area contributed by atoms with Gasteiger partial charge in [0.2, 0.25) is 5.91 Å². The van der Waals surface area contributed by atoms with E-state index >= 15 is 0 Å². The maximum atomic E-state index is 12.8. The second-order valence-electron chi connectivity index (χ2n) is 8.10. The van der Waals surface area contributed by atoms with Gasteiger partial charge in [0.25, 0.3) is 6.43 Å². The Morgan fingerprint density at radius 3 is 2.65 bits per heavy atom. The van der Waals surface area contributed by atoms with Gasteiger partial charge in [-0.2, -0.15) is 0 Å². The second kappa shape index (κ2) is 9.09. The van der Waals surface area contributed by atoms with Crippen molar-refractivity contribution in [2.45, 2.75) is 38.7 Å². The molecule has 0 aliphatic carbocycles. The number of rotatable bonds is 6. The molecule has 0 bridgehead atoms. The van der Waals surface area contributed by atoms with Crippen LogP contribution >= 0.6 is 0 Å². The first-order valence-corrected chi connectivity index (χ1v) is 10.5. The molecule has 4 rings (SSSR count). The van der Waals surface area contributed by atoms with Gasteiger partial charge in [-0.15, -0.1) is 0 Å². The molecule has 3 aromatic rings. The van der Waals surface area contributed by atoms with Crippen LogP contribution in [0.1, 0.15) is 24.4 Å². The minimum absolute atomic E-state index is 0.0174. The summed E-state index contributed by atoms with van der Waals surface area (Å²) in [6, 6.07) is 7.97. The van der Waals surface area contributed by atoms with E-state index in [0.717, 1.165) is 16.3 Å². The van der Waals surface area contributed by atoms with Crippen molar-refractivity contribution >= 4 is 16.7 Å². The molecule has 0 spiro atoms. The number of halogens is 2. The van der Waals surface area contributed by atoms with Gasteiger partial charge in [0.15, 0.2) is 11.7 Å². The standard InChI is InChI=1S/C23H26F2N4O2/c1-15-26-13-21(31-15)16-3-4-17-12-27-19(10-18(17)9-16)11-23(30)29-7-5-20(6-8-29)28(2)14-22(24)25/h3-4,9-10,12-13,20,22H,5-8,11,14H2,1-2H3. The van der Waals surface area contributed by atoms with E-state index in [1.165, 1.54) is 0 Å². The molecular weight excluding hydrogens is 402 g/mol. The van der Waals surface area contributed by atoms with E-state index in [1.807, 2.05) is 29.2 Å². The van der Waals surface area contributed by atoms with Gasteiger partial charge in [-0.25, -0.2) is 13.8 Å². The number of hydrogen-bond donors (Lipinski definition) is 0. The lowest BCUT2D eigenvalue weighted by Crippen LogP contribution is -2.47. The second-order valence-corrected chi connectivity index (χ2v) is 8.10. The zero-order chi connectivity index (χ0) is 22.0. The fourth-order valence-electron chi connectivity index (χ4n) is 4.12. The first-order valence-electron chi connectivity index (χ1n) is 10.5.